The molecule has 0 spiro atoms. The molecular formula is C18H16ClF3O5S. The zero-order valence-electron chi connectivity index (χ0n) is 14.6. The highest BCUT2D eigenvalue weighted by molar-refractivity contribution is 7.91. The van der Waals surface area contributed by atoms with E-state index in [2.05, 4.69) is 0 Å². The zero-order valence-corrected chi connectivity index (χ0v) is 16.2. The summed E-state index contributed by atoms with van der Waals surface area (Å²) in [6.07, 6.45) is -4.70. The van der Waals surface area contributed by atoms with Crippen LogP contribution in [0.5, 0.6) is 5.75 Å². The molecule has 0 bridgehead atoms. The van der Waals surface area contributed by atoms with Gasteiger partial charge in [0.1, 0.15) is 5.75 Å². The van der Waals surface area contributed by atoms with Crippen LogP contribution in [-0.4, -0.2) is 31.9 Å². The number of benzene rings is 2. The first kappa shape index (κ1) is 22.0. The summed E-state index contributed by atoms with van der Waals surface area (Å²) in [5.41, 5.74) is -0.480. The SMILES string of the molecule is CCS(=O)(=O)c1ccc(Cc2cc(C(F)(F)F)ccc2OCC(=O)O)c(Cl)c1. The van der Waals surface area contributed by atoms with Crippen LogP contribution in [0.4, 0.5) is 13.2 Å². The Morgan fingerprint density at radius 3 is 2.36 bits per heavy atom. The number of ether oxygens (including phenoxy) is 1. The first-order chi connectivity index (χ1) is 12.9. The van der Waals surface area contributed by atoms with E-state index in [1.54, 1.807) is 0 Å². The van der Waals surface area contributed by atoms with Crippen molar-refractivity contribution in [2.24, 2.45) is 0 Å². The lowest BCUT2D eigenvalue weighted by molar-refractivity contribution is -0.140. The quantitative estimate of drug-likeness (QED) is 0.703. The van der Waals surface area contributed by atoms with Crippen LogP contribution in [-0.2, 0) is 27.2 Å². The molecule has 10 heteroatoms. The van der Waals surface area contributed by atoms with Gasteiger partial charge in [0.25, 0.3) is 0 Å². The Hall–Kier alpha value is -2.26. The first-order valence-corrected chi connectivity index (χ1v) is 10.0. The van der Waals surface area contributed by atoms with Crippen LogP contribution >= 0.6 is 11.6 Å². The van der Waals surface area contributed by atoms with Gasteiger partial charge in [-0.25, -0.2) is 13.2 Å². The molecule has 0 saturated heterocycles. The Morgan fingerprint density at radius 2 is 1.82 bits per heavy atom. The Morgan fingerprint density at radius 1 is 1.14 bits per heavy atom. The summed E-state index contributed by atoms with van der Waals surface area (Å²) in [6, 6.07) is 6.66. The summed E-state index contributed by atoms with van der Waals surface area (Å²) in [5.74, 6) is -1.43. The van der Waals surface area contributed by atoms with Crippen molar-refractivity contribution in [1.29, 1.82) is 0 Å². The molecule has 0 fully saturated rings. The molecule has 0 heterocycles. The number of carboxylic acid groups (broad SMARTS) is 1. The Bertz CT molecular complexity index is 987. The van der Waals surface area contributed by atoms with E-state index in [0.29, 0.717) is 5.56 Å². The molecule has 1 N–H and O–H groups in total. The van der Waals surface area contributed by atoms with E-state index >= 15 is 0 Å². The van der Waals surface area contributed by atoms with Gasteiger partial charge in [-0.2, -0.15) is 13.2 Å². The second-order valence-corrected chi connectivity index (χ2v) is 8.52. The Balaban J connectivity index is 2.44. The largest absolute Gasteiger partial charge is 0.482 e. The molecule has 0 amide bonds. The number of hydrogen-bond acceptors (Lipinski definition) is 4. The molecule has 5 nitrogen and oxygen atoms in total. The summed E-state index contributed by atoms with van der Waals surface area (Å²) in [5, 5.41) is 8.80. The van der Waals surface area contributed by atoms with E-state index in [0.717, 1.165) is 18.2 Å². The molecular weight excluding hydrogens is 421 g/mol. The number of carbonyl (C=O) groups is 1. The second-order valence-electron chi connectivity index (χ2n) is 5.84. The third kappa shape index (κ3) is 5.39. The number of rotatable bonds is 7. The minimum Gasteiger partial charge on any atom is -0.482 e. The fraction of sp³-hybridized carbons (Fsp3) is 0.278. The summed E-state index contributed by atoms with van der Waals surface area (Å²) in [6.45, 7) is 0.756. The van der Waals surface area contributed by atoms with Crippen molar-refractivity contribution in [3.8, 4) is 5.75 Å². The summed E-state index contributed by atoms with van der Waals surface area (Å²) in [7, 11) is -3.49. The third-order valence-electron chi connectivity index (χ3n) is 3.88. The van der Waals surface area contributed by atoms with E-state index in [4.69, 9.17) is 21.4 Å². The molecule has 0 unspecified atom stereocenters. The number of sulfone groups is 1. The molecule has 0 aliphatic rings. The molecule has 2 aromatic rings. The maximum Gasteiger partial charge on any atom is 0.416 e. The van der Waals surface area contributed by atoms with E-state index in [9.17, 15) is 26.4 Å². The Labute approximate surface area is 164 Å². The van der Waals surface area contributed by atoms with Gasteiger partial charge in [0, 0.05) is 11.4 Å². The highest BCUT2D eigenvalue weighted by atomic mass is 35.5. The molecule has 0 aliphatic carbocycles. The second kappa shape index (κ2) is 8.40. The van der Waals surface area contributed by atoms with Crippen molar-refractivity contribution in [2.45, 2.75) is 24.4 Å². The standard InChI is InChI=1S/C18H16ClF3O5S/c1-2-28(25,26)14-5-3-11(15(19)9-14)7-12-8-13(18(20,21)22)4-6-16(12)27-10-17(23)24/h3-6,8-9H,2,7,10H2,1H3,(H,23,24). The van der Waals surface area contributed by atoms with E-state index in [-0.39, 0.29) is 33.4 Å². The number of hydrogen-bond donors (Lipinski definition) is 1. The van der Waals surface area contributed by atoms with Crippen LogP contribution in [0.15, 0.2) is 41.3 Å². The number of carboxylic acids is 1. The lowest BCUT2D eigenvalue weighted by atomic mass is 10.0. The van der Waals surface area contributed by atoms with Crippen molar-refractivity contribution < 1.29 is 36.2 Å². The van der Waals surface area contributed by atoms with E-state index < -0.39 is 34.2 Å². The summed E-state index contributed by atoms with van der Waals surface area (Å²) >= 11 is 6.13. The first-order valence-electron chi connectivity index (χ1n) is 8.00. The van der Waals surface area contributed by atoms with Crippen molar-refractivity contribution in [3.05, 3.63) is 58.1 Å². The van der Waals surface area contributed by atoms with Gasteiger partial charge >= 0.3 is 12.1 Å². The fourth-order valence-corrected chi connectivity index (χ4v) is 3.63. The highest BCUT2D eigenvalue weighted by Gasteiger charge is 2.31. The zero-order chi connectivity index (χ0) is 21.1. The molecule has 0 atom stereocenters. The lowest BCUT2D eigenvalue weighted by Gasteiger charge is -2.15. The monoisotopic (exact) mass is 436 g/mol. The van der Waals surface area contributed by atoms with Crippen LogP contribution < -0.4 is 4.74 Å². The minimum absolute atomic E-state index is 0.00939. The average Bonchev–Trinajstić information content (AvgIpc) is 2.61. The summed E-state index contributed by atoms with van der Waals surface area (Å²) in [4.78, 5) is 10.7. The third-order valence-corrected chi connectivity index (χ3v) is 5.97. The van der Waals surface area contributed by atoms with Crippen molar-refractivity contribution >= 4 is 27.4 Å². The van der Waals surface area contributed by atoms with Crippen LogP contribution in [0.1, 0.15) is 23.6 Å². The van der Waals surface area contributed by atoms with Gasteiger partial charge < -0.3 is 9.84 Å². The topological polar surface area (TPSA) is 80.7 Å². The summed E-state index contributed by atoms with van der Waals surface area (Å²) < 4.78 is 68.0. The van der Waals surface area contributed by atoms with Gasteiger partial charge in [0.05, 0.1) is 16.2 Å². The van der Waals surface area contributed by atoms with Crippen molar-refractivity contribution in [2.75, 3.05) is 12.4 Å². The van der Waals surface area contributed by atoms with Gasteiger partial charge in [0.15, 0.2) is 16.4 Å². The van der Waals surface area contributed by atoms with E-state index in [1.807, 2.05) is 0 Å². The molecule has 0 radical (unpaired) electrons. The molecule has 0 saturated carbocycles. The molecule has 0 aromatic heterocycles. The van der Waals surface area contributed by atoms with Gasteiger partial charge in [0.2, 0.25) is 0 Å². The predicted molar refractivity (Wildman–Crippen MR) is 96.6 cm³/mol. The fourth-order valence-electron chi connectivity index (χ4n) is 2.41. The number of aliphatic carboxylic acids is 1. The van der Waals surface area contributed by atoms with Crippen LogP contribution in [0.25, 0.3) is 0 Å². The molecule has 2 aromatic carbocycles. The maximum atomic E-state index is 13.0. The van der Waals surface area contributed by atoms with Gasteiger partial charge in [-0.1, -0.05) is 24.6 Å². The van der Waals surface area contributed by atoms with Gasteiger partial charge in [-0.15, -0.1) is 0 Å². The highest BCUT2D eigenvalue weighted by Crippen LogP contribution is 2.34. The molecule has 152 valence electrons. The van der Waals surface area contributed by atoms with Crippen molar-refractivity contribution in [1.82, 2.24) is 0 Å². The van der Waals surface area contributed by atoms with Gasteiger partial charge in [-0.3, -0.25) is 0 Å². The van der Waals surface area contributed by atoms with Crippen LogP contribution in [0, 0.1) is 0 Å². The predicted octanol–water partition coefficient (Wildman–Crippen LogP) is 4.21. The minimum atomic E-state index is -4.59. The molecule has 0 aliphatic heterocycles. The maximum absolute atomic E-state index is 13.0. The smallest absolute Gasteiger partial charge is 0.416 e. The normalized spacial score (nSPS) is 12.0. The van der Waals surface area contributed by atoms with Crippen LogP contribution in [0.3, 0.4) is 0 Å². The van der Waals surface area contributed by atoms with Crippen molar-refractivity contribution in [3.63, 3.8) is 0 Å². The van der Waals surface area contributed by atoms with Crippen LogP contribution in [0.2, 0.25) is 5.02 Å². The number of halogens is 4. The lowest BCUT2D eigenvalue weighted by Crippen LogP contribution is -2.12. The molecule has 28 heavy (non-hydrogen) atoms. The van der Waals surface area contributed by atoms with Gasteiger partial charge in [-0.05, 0) is 41.5 Å². The van der Waals surface area contributed by atoms with E-state index in [1.165, 1.54) is 25.1 Å². The molecule has 2 rings (SSSR count). The number of alkyl halides is 3. The average molecular weight is 437 g/mol. The Kier molecular flexibility index (Phi) is 6.61.